The summed E-state index contributed by atoms with van der Waals surface area (Å²) >= 11 is 0. The maximum absolute atomic E-state index is 6.20. The first-order valence-electron chi connectivity index (χ1n) is 8.33. The highest BCUT2D eigenvalue weighted by atomic mass is 16.5. The van der Waals surface area contributed by atoms with Gasteiger partial charge >= 0.3 is 0 Å². The topological polar surface area (TPSA) is 24.5 Å². The van der Waals surface area contributed by atoms with Crippen molar-refractivity contribution >= 4 is 0 Å². The van der Waals surface area contributed by atoms with E-state index in [2.05, 4.69) is 51.8 Å². The van der Waals surface area contributed by atoms with E-state index in [1.54, 1.807) is 0 Å². The number of nitrogens with one attached hydrogen (secondary N) is 1. The molecular formula is C17H34N2O. The Hall–Kier alpha value is -0.120. The average Bonchev–Trinajstić information content (AvgIpc) is 2.52. The second kappa shape index (κ2) is 5.94. The molecule has 2 fully saturated rings. The van der Waals surface area contributed by atoms with Crippen LogP contribution in [-0.2, 0) is 4.74 Å². The molecule has 2 aliphatic rings. The lowest BCUT2D eigenvalue weighted by molar-refractivity contribution is -0.0342. The molecule has 0 aromatic heterocycles. The van der Waals surface area contributed by atoms with Crippen LogP contribution in [0.3, 0.4) is 0 Å². The molecule has 20 heavy (non-hydrogen) atoms. The summed E-state index contributed by atoms with van der Waals surface area (Å²) in [6, 6.07) is 1.23. The van der Waals surface area contributed by atoms with Crippen molar-refractivity contribution < 1.29 is 4.74 Å². The third-order valence-electron chi connectivity index (χ3n) is 5.03. The van der Waals surface area contributed by atoms with Crippen LogP contribution in [0.4, 0.5) is 0 Å². The van der Waals surface area contributed by atoms with Crippen molar-refractivity contribution in [3.63, 3.8) is 0 Å². The summed E-state index contributed by atoms with van der Waals surface area (Å²) in [6.45, 7) is 17.2. The Balaban J connectivity index is 1.97. The molecule has 0 bridgehead atoms. The molecule has 3 unspecified atom stereocenters. The maximum atomic E-state index is 6.20. The molecule has 2 aliphatic heterocycles. The number of nitrogens with zero attached hydrogens (tertiary/aromatic N) is 1. The van der Waals surface area contributed by atoms with E-state index in [1.807, 2.05) is 0 Å². The van der Waals surface area contributed by atoms with Gasteiger partial charge in [-0.05, 0) is 52.0 Å². The summed E-state index contributed by atoms with van der Waals surface area (Å²) in [7, 11) is 0. The second-order valence-electron chi connectivity index (χ2n) is 8.50. The molecule has 1 N–H and O–H groups in total. The Morgan fingerprint density at radius 1 is 1.25 bits per heavy atom. The zero-order valence-corrected chi connectivity index (χ0v) is 14.3. The molecule has 0 saturated carbocycles. The minimum absolute atomic E-state index is 0.0848. The summed E-state index contributed by atoms with van der Waals surface area (Å²) in [4.78, 5) is 2.65. The van der Waals surface area contributed by atoms with Crippen molar-refractivity contribution in [2.24, 2.45) is 5.41 Å². The Kier molecular flexibility index (Phi) is 4.83. The van der Waals surface area contributed by atoms with Gasteiger partial charge in [-0.25, -0.2) is 0 Å². The minimum Gasteiger partial charge on any atom is -0.371 e. The van der Waals surface area contributed by atoms with E-state index >= 15 is 0 Å². The summed E-state index contributed by atoms with van der Waals surface area (Å²) in [5.41, 5.74) is 0.402. The fourth-order valence-corrected chi connectivity index (χ4v) is 3.43. The van der Waals surface area contributed by atoms with Gasteiger partial charge in [-0.3, -0.25) is 4.90 Å². The highest BCUT2D eigenvalue weighted by molar-refractivity contribution is 4.90. The van der Waals surface area contributed by atoms with E-state index in [0.717, 1.165) is 19.6 Å². The van der Waals surface area contributed by atoms with E-state index in [4.69, 9.17) is 4.74 Å². The van der Waals surface area contributed by atoms with Crippen LogP contribution < -0.4 is 5.32 Å². The fourth-order valence-electron chi connectivity index (χ4n) is 3.43. The lowest BCUT2D eigenvalue weighted by Crippen LogP contribution is -2.49. The number of rotatable bonds is 2. The van der Waals surface area contributed by atoms with Crippen molar-refractivity contribution in [2.75, 3.05) is 19.6 Å². The number of hydrogen-bond donors (Lipinski definition) is 1. The summed E-state index contributed by atoms with van der Waals surface area (Å²) in [5.74, 6) is 0. The molecular weight excluding hydrogens is 248 g/mol. The molecule has 2 rings (SSSR count). The van der Waals surface area contributed by atoms with E-state index in [-0.39, 0.29) is 5.60 Å². The van der Waals surface area contributed by atoms with Crippen molar-refractivity contribution in [1.82, 2.24) is 10.2 Å². The van der Waals surface area contributed by atoms with Crippen LogP contribution in [0, 0.1) is 5.41 Å². The van der Waals surface area contributed by atoms with Crippen molar-refractivity contribution in [3.05, 3.63) is 0 Å². The van der Waals surface area contributed by atoms with Gasteiger partial charge < -0.3 is 10.1 Å². The molecule has 0 radical (unpaired) electrons. The van der Waals surface area contributed by atoms with Crippen LogP contribution in [0.25, 0.3) is 0 Å². The molecule has 3 nitrogen and oxygen atoms in total. The standard InChI is InChI=1S/C17H34N2O/c1-13-8-10-18-15(16(2,3)4)12-19(13)11-14-7-9-17(5,6)20-14/h13-15,18H,7-12H2,1-6H3. The third kappa shape index (κ3) is 4.19. The Morgan fingerprint density at radius 3 is 2.50 bits per heavy atom. The van der Waals surface area contributed by atoms with Crippen LogP contribution >= 0.6 is 0 Å². The second-order valence-corrected chi connectivity index (χ2v) is 8.50. The van der Waals surface area contributed by atoms with Gasteiger partial charge in [-0.1, -0.05) is 20.8 Å². The Labute approximate surface area is 125 Å². The van der Waals surface area contributed by atoms with Gasteiger partial charge in [-0.2, -0.15) is 0 Å². The molecule has 3 atom stereocenters. The lowest BCUT2D eigenvalue weighted by atomic mass is 9.86. The number of ether oxygens (including phenoxy) is 1. The normalized spacial score (nSPS) is 36.0. The zero-order valence-electron chi connectivity index (χ0n) is 14.3. The van der Waals surface area contributed by atoms with E-state index in [0.29, 0.717) is 23.6 Å². The van der Waals surface area contributed by atoms with Crippen molar-refractivity contribution in [1.29, 1.82) is 0 Å². The molecule has 2 heterocycles. The quantitative estimate of drug-likeness (QED) is 0.842. The molecule has 0 aromatic carbocycles. The van der Waals surface area contributed by atoms with Crippen LogP contribution in [-0.4, -0.2) is 48.3 Å². The van der Waals surface area contributed by atoms with Crippen LogP contribution in [0.5, 0.6) is 0 Å². The molecule has 0 spiro atoms. The first kappa shape index (κ1) is 16.3. The van der Waals surface area contributed by atoms with E-state index in [1.165, 1.54) is 19.3 Å². The van der Waals surface area contributed by atoms with Crippen molar-refractivity contribution in [2.45, 2.75) is 84.6 Å². The molecule has 118 valence electrons. The van der Waals surface area contributed by atoms with Gasteiger partial charge in [0.1, 0.15) is 0 Å². The number of hydrogen-bond acceptors (Lipinski definition) is 3. The Bertz CT molecular complexity index is 321. The van der Waals surface area contributed by atoms with Gasteiger partial charge in [0.05, 0.1) is 11.7 Å². The van der Waals surface area contributed by atoms with Gasteiger partial charge in [-0.15, -0.1) is 0 Å². The summed E-state index contributed by atoms with van der Waals surface area (Å²) in [5, 5.41) is 3.74. The highest BCUT2D eigenvalue weighted by Gasteiger charge is 2.36. The summed E-state index contributed by atoms with van der Waals surface area (Å²) < 4.78 is 6.20. The van der Waals surface area contributed by atoms with Crippen molar-refractivity contribution in [3.8, 4) is 0 Å². The van der Waals surface area contributed by atoms with Crippen LogP contribution in [0.15, 0.2) is 0 Å². The third-order valence-corrected chi connectivity index (χ3v) is 5.03. The first-order chi connectivity index (χ1) is 9.17. The van der Waals surface area contributed by atoms with Gasteiger partial charge in [0.2, 0.25) is 0 Å². The SMILES string of the molecule is CC1CCNC(C(C)(C)C)CN1CC1CCC(C)(C)O1. The maximum Gasteiger partial charge on any atom is 0.0710 e. The molecule has 0 amide bonds. The zero-order chi connectivity index (χ0) is 15.0. The Morgan fingerprint density at radius 2 is 1.95 bits per heavy atom. The van der Waals surface area contributed by atoms with E-state index < -0.39 is 0 Å². The molecule has 2 saturated heterocycles. The van der Waals surface area contributed by atoms with Crippen LogP contribution in [0.1, 0.15) is 60.8 Å². The van der Waals surface area contributed by atoms with Gasteiger partial charge in [0.15, 0.2) is 0 Å². The predicted octanol–water partition coefficient (Wildman–Crippen LogP) is 3.04. The smallest absolute Gasteiger partial charge is 0.0710 e. The molecule has 3 heteroatoms. The van der Waals surface area contributed by atoms with E-state index in [9.17, 15) is 0 Å². The molecule has 0 aromatic rings. The minimum atomic E-state index is 0.0848. The van der Waals surface area contributed by atoms with Gasteiger partial charge in [0, 0.05) is 25.2 Å². The first-order valence-corrected chi connectivity index (χ1v) is 8.33. The average molecular weight is 282 g/mol. The fraction of sp³-hybridized carbons (Fsp3) is 1.00. The lowest BCUT2D eigenvalue weighted by Gasteiger charge is -2.36. The largest absolute Gasteiger partial charge is 0.371 e. The summed E-state index contributed by atoms with van der Waals surface area (Å²) in [6.07, 6.45) is 4.07. The van der Waals surface area contributed by atoms with Gasteiger partial charge in [0.25, 0.3) is 0 Å². The van der Waals surface area contributed by atoms with Crippen LogP contribution in [0.2, 0.25) is 0 Å². The predicted molar refractivity (Wildman–Crippen MR) is 85.1 cm³/mol. The molecule has 0 aliphatic carbocycles. The highest BCUT2D eigenvalue weighted by Crippen LogP contribution is 2.31. The monoisotopic (exact) mass is 282 g/mol.